The van der Waals surface area contributed by atoms with Crippen LogP contribution < -0.4 is 10.8 Å². The average molecular weight is 367 g/mol. The van der Waals surface area contributed by atoms with E-state index in [1.165, 1.54) is 11.1 Å². The summed E-state index contributed by atoms with van der Waals surface area (Å²) in [5.74, 6) is -0.0946. The highest BCUT2D eigenvalue weighted by Gasteiger charge is 2.51. The number of nitrogens with one attached hydrogen (secondary N) is 1. The Morgan fingerprint density at radius 1 is 1.22 bits per heavy atom. The van der Waals surface area contributed by atoms with Crippen molar-refractivity contribution >= 4 is 18.5 Å². The third-order valence-electron chi connectivity index (χ3n) is 6.13. The van der Waals surface area contributed by atoms with Crippen LogP contribution in [0, 0.1) is 0 Å². The van der Waals surface area contributed by atoms with E-state index in [-0.39, 0.29) is 30.3 Å². The largest absolute Gasteiger partial charge is 0.494 e. The van der Waals surface area contributed by atoms with Crippen LogP contribution in [0.25, 0.3) is 0 Å². The number of carbonyl (C=O) groups excluding carboxylic acids is 1. The number of fused-ring (bicyclic) bond motifs is 1. The van der Waals surface area contributed by atoms with Crippen LogP contribution in [-0.4, -0.2) is 34.0 Å². The highest BCUT2D eigenvalue weighted by Crippen LogP contribution is 2.37. The molecule has 6 nitrogen and oxygen atoms in total. The summed E-state index contributed by atoms with van der Waals surface area (Å²) in [6.07, 6.45) is 3.46. The van der Waals surface area contributed by atoms with Gasteiger partial charge in [-0.3, -0.25) is 9.48 Å². The van der Waals surface area contributed by atoms with E-state index >= 15 is 0 Å². The van der Waals surface area contributed by atoms with Crippen molar-refractivity contribution in [1.29, 1.82) is 0 Å². The van der Waals surface area contributed by atoms with Crippen molar-refractivity contribution in [2.24, 2.45) is 7.05 Å². The first kappa shape index (κ1) is 18.3. The summed E-state index contributed by atoms with van der Waals surface area (Å²) in [7, 11) is 1.41. The number of carbonyl (C=O) groups is 1. The van der Waals surface area contributed by atoms with Gasteiger partial charge in [0.2, 0.25) is 0 Å². The molecule has 1 aliphatic carbocycles. The topological polar surface area (TPSA) is 65.4 Å². The maximum atomic E-state index is 12.5. The number of nitrogens with zero attached hydrogens (tertiary/aromatic N) is 2. The lowest BCUT2D eigenvalue weighted by Crippen LogP contribution is -2.41. The lowest BCUT2D eigenvalue weighted by Gasteiger charge is -2.32. The Labute approximate surface area is 160 Å². The van der Waals surface area contributed by atoms with E-state index in [0.717, 1.165) is 18.3 Å². The maximum Gasteiger partial charge on any atom is 0.494 e. The van der Waals surface area contributed by atoms with Crippen molar-refractivity contribution in [3.05, 3.63) is 47.3 Å². The fourth-order valence-corrected chi connectivity index (χ4v) is 3.74. The molecule has 0 radical (unpaired) electrons. The van der Waals surface area contributed by atoms with Crippen molar-refractivity contribution in [3.63, 3.8) is 0 Å². The highest BCUT2D eigenvalue weighted by atomic mass is 16.7. The Morgan fingerprint density at radius 3 is 2.56 bits per heavy atom. The van der Waals surface area contributed by atoms with Gasteiger partial charge in [-0.15, -0.1) is 0 Å². The van der Waals surface area contributed by atoms with Gasteiger partial charge < -0.3 is 14.6 Å². The first-order valence-electron chi connectivity index (χ1n) is 9.45. The summed E-state index contributed by atoms with van der Waals surface area (Å²) >= 11 is 0. The van der Waals surface area contributed by atoms with E-state index < -0.39 is 0 Å². The summed E-state index contributed by atoms with van der Waals surface area (Å²) < 4.78 is 13.9. The molecule has 1 atom stereocenters. The minimum absolute atomic E-state index is 0.0229. The Bertz CT molecular complexity index is 874. The van der Waals surface area contributed by atoms with Crippen molar-refractivity contribution in [1.82, 2.24) is 15.1 Å². The molecule has 2 aromatic rings. The standard InChI is InChI=1S/C20H26BN3O3/c1-19(2)20(3,4)27-21(26-19)14-7-8-15-13(12-14)6-9-16(15)23-18(25)17-10-11-22-24(17)5/h7-8,10-12,16H,6,9H2,1-5H3,(H,23,25)/t16-/m1/s1. The summed E-state index contributed by atoms with van der Waals surface area (Å²) in [6, 6.07) is 8.06. The molecular formula is C20H26BN3O3. The molecule has 1 N–H and O–H groups in total. The second kappa shape index (κ2) is 6.21. The zero-order valence-electron chi connectivity index (χ0n) is 16.6. The maximum absolute atomic E-state index is 12.5. The normalized spacial score (nSPS) is 22.7. The molecule has 1 amide bonds. The minimum Gasteiger partial charge on any atom is -0.399 e. The van der Waals surface area contributed by atoms with Gasteiger partial charge in [0.15, 0.2) is 0 Å². The van der Waals surface area contributed by atoms with Gasteiger partial charge in [0.25, 0.3) is 5.91 Å². The zero-order chi connectivity index (χ0) is 19.4. The van der Waals surface area contributed by atoms with E-state index in [2.05, 4.69) is 56.3 Å². The van der Waals surface area contributed by atoms with E-state index in [0.29, 0.717) is 5.69 Å². The number of hydrogen-bond donors (Lipinski definition) is 1. The highest BCUT2D eigenvalue weighted by molar-refractivity contribution is 6.62. The average Bonchev–Trinajstić information content (AvgIpc) is 3.24. The number of benzene rings is 1. The second-order valence-electron chi connectivity index (χ2n) is 8.45. The third-order valence-corrected chi connectivity index (χ3v) is 6.13. The van der Waals surface area contributed by atoms with Gasteiger partial charge >= 0.3 is 7.12 Å². The van der Waals surface area contributed by atoms with Gasteiger partial charge in [-0.25, -0.2) is 0 Å². The molecule has 7 heteroatoms. The Morgan fingerprint density at radius 2 is 1.93 bits per heavy atom. The van der Waals surface area contributed by atoms with Crippen LogP contribution in [0.4, 0.5) is 0 Å². The summed E-state index contributed by atoms with van der Waals surface area (Å²) in [6.45, 7) is 8.24. The van der Waals surface area contributed by atoms with Crippen LogP contribution in [0.15, 0.2) is 30.5 Å². The lowest BCUT2D eigenvalue weighted by molar-refractivity contribution is 0.00578. The molecule has 0 unspecified atom stereocenters. The number of hydrogen-bond acceptors (Lipinski definition) is 4. The van der Waals surface area contributed by atoms with Crippen molar-refractivity contribution in [3.8, 4) is 0 Å². The SMILES string of the molecule is Cn1nccc1C(=O)N[C@@H]1CCc2cc(B3OC(C)(C)C(C)(C)O3)ccc21. The van der Waals surface area contributed by atoms with E-state index in [9.17, 15) is 4.79 Å². The molecular weight excluding hydrogens is 341 g/mol. The van der Waals surface area contributed by atoms with Gasteiger partial charge in [-0.1, -0.05) is 18.2 Å². The van der Waals surface area contributed by atoms with Crippen LogP contribution in [0.1, 0.15) is 61.8 Å². The quantitative estimate of drug-likeness (QED) is 0.845. The molecule has 0 spiro atoms. The fourth-order valence-electron chi connectivity index (χ4n) is 3.74. The van der Waals surface area contributed by atoms with Crippen LogP contribution >= 0.6 is 0 Å². The van der Waals surface area contributed by atoms with Crippen LogP contribution in [0.2, 0.25) is 0 Å². The number of aryl methyl sites for hydroxylation is 2. The molecule has 142 valence electrons. The van der Waals surface area contributed by atoms with Gasteiger partial charge in [-0.2, -0.15) is 5.10 Å². The number of rotatable bonds is 3. The van der Waals surface area contributed by atoms with Gasteiger partial charge in [0.1, 0.15) is 5.69 Å². The predicted molar refractivity (Wildman–Crippen MR) is 104 cm³/mol. The lowest BCUT2D eigenvalue weighted by atomic mass is 9.78. The first-order chi connectivity index (χ1) is 12.7. The monoisotopic (exact) mass is 367 g/mol. The summed E-state index contributed by atoms with van der Waals surface area (Å²) in [5, 5.41) is 7.19. The van der Waals surface area contributed by atoms with Crippen molar-refractivity contribution in [2.45, 2.75) is 57.8 Å². The van der Waals surface area contributed by atoms with E-state index in [1.54, 1.807) is 24.0 Å². The smallest absolute Gasteiger partial charge is 0.399 e. The molecule has 27 heavy (non-hydrogen) atoms. The predicted octanol–water partition coefficient (Wildman–Crippen LogP) is 2.14. The molecule has 1 saturated heterocycles. The molecule has 1 aromatic carbocycles. The minimum atomic E-state index is -0.358. The van der Waals surface area contributed by atoms with Crippen molar-refractivity contribution in [2.75, 3.05) is 0 Å². The van der Waals surface area contributed by atoms with Crippen LogP contribution in [-0.2, 0) is 22.8 Å². The molecule has 1 aliphatic heterocycles. The number of amides is 1. The van der Waals surface area contributed by atoms with Gasteiger partial charge in [0, 0.05) is 13.2 Å². The van der Waals surface area contributed by atoms with Crippen molar-refractivity contribution < 1.29 is 14.1 Å². The molecule has 1 aromatic heterocycles. The summed E-state index contributed by atoms with van der Waals surface area (Å²) in [5.41, 5.74) is 3.32. The van der Waals surface area contributed by atoms with Crippen LogP contribution in [0.3, 0.4) is 0 Å². The Balaban J connectivity index is 1.52. The first-order valence-corrected chi connectivity index (χ1v) is 9.45. The van der Waals surface area contributed by atoms with Gasteiger partial charge in [-0.05, 0) is 63.2 Å². The molecule has 1 fully saturated rings. The zero-order valence-corrected chi connectivity index (χ0v) is 16.6. The molecule has 2 aliphatic rings. The van der Waals surface area contributed by atoms with Crippen LogP contribution in [0.5, 0.6) is 0 Å². The molecule has 4 rings (SSSR count). The van der Waals surface area contributed by atoms with E-state index in [1.807, 2.05) is 0 Å². The molecule has 2 heterocycles. The van der Waals surface area contributed by atoms with E-state index in [4.69, 9.17) is 9.31 Å². The summed E-state index contributed by atoms with van der Waals surface area (Å²) in [4.78, 5) is 12.5. The van der Waals surface area contributed by atoms with Gasteiger partial charge in [0.05, 0.1) is 17.2 Å². The number of aromatic nitrogens is 2. The molecule has 0 saturated carbocycles. The second-order valence-corrected chi connectivity index (χ2v) is 8.45. The Kier molecular flexibility index (Phi) is 4.20. The fraction of sp³-hybridized carbons (Fsp3) is 0.500. The Hall–Kier alpha value is -2.12. The third kappa shape index (κ3) is 3.09. The molecule has 0 bridgehead atoms.